The lowest BCUT2D eigenvalue weighted by Gasteiger charge is -1.99. The Bertz CT molecular complexity index is 530. The maximum atomic E-state index is 5.60. The van der Waals surface area contributed by atoms with E-state index < -0.39 is 0 Å². The number of nitrogens with two attached hydrogens (primary N) is 1. The lowest BCUT2D eigenvalue weighted by molar-refractivity contribution is 0.367. The van der Waals surface area contributed by atoms with E-state index in [4.69, 9.17) is 10.3 Å². The Morgan fingerprint density at radius 2 is 2.11 bits per heavy atom. The molecule has 3 rings (SSSR count). The Balaban J connectivity index is 1.50. The third-order valence-corrected chi connectivity index (χ3v) is 4.32. The lowest BCUT2D eigenvalue weighted by atomic mass is 10.1. The highest BCUT2D eigenvalue weighted by Gasteiger charge is 2.22. The summed E-state index contributed by atoms with van der Waals surface area (Å²) >= 11 is 1.49. The second kappa shape index (κ2) is 5.69. The van der Waals surface area contributed by atoms with Gasteiger partial charge < -0.3 is 10.3 Å². The lowest BCUT2D eigenvalue weighted by Crippen LogP contribution is -1.96. The molecule has 0 unspecified atom stereocenters. The van der Waals surface area contributed by atoms with Crippen LogP contribution in [-0.4, -0.2) is 15.1 Å². The van der Waals surface area contributed by atoms with Crippen molar-refractivity contribution in [2.24, 2.45) is 0 Å². The van der Waals surface area contributed by atoms with Gasteiger partial charge in [-0.1, -0.05) is 18.0 Å². The topological polar surface area (TPSA) is 77.8 Å². The summed E-state index contributed by atoms with van der Waals surface area (Å²) < 4.78 is 5.32. The van der Waals surface area contributed by atoms with Crippen molar-refractivity contribution in [1.29, 1.82) is 0 Å². The van der Waals surface area contributed by atoms with Crippen LogP contribution in [0.15, 0.2) is 9.90 Å². The molecule has 102 valence electrons. The summed E-state index contributed by atoms with van der Waals surface area (Å²) in [5.74, 6) is 2.19. The predicted octanol–water partition coefficient (Wildman–Crippen LogP) is 2.94. The highest BCUT2D eigenvalue weighted by molar-refractivity contribution is 7.13. The molecule has 1 aliphatic carbocycles. The van der Waals surface area contributed by atoms with Crippen LogP contribution in [0.2, 0.25) is 0 Å². The monoisotopic (exact) mass is 278 g/mol. The van der Waals surface area contributed by atoms with Gasteiger partial charge in [0.1, 0.15) is 0 Å². The maximum absolute atomic E-state index is 5.60. The largest absolute Gasteiger partial charge is 0.375 e. The molecule has 2 heterocycles. The van der Waals surface area contributed by atoms with Gasteiger partial charge in [-0.15, -0.1) is 11.3 Å². The summed E-state index contributed by atoms with van der Waals surface area (Å²) in [7, 11) is 0. The van der Waals surface area contributed by atoms with E-state index in [0.29, 0.717) is 11.0 Å². The molecule has 0 aliphatic heterocycles. The van der Waals surface area contributed by atoms with Crippen molar-refractivity contribution in [2.45, 2.75) is 50.9 Å². The van der Waals surface area contributed by atoms with Crippen molar-refractivity contribution in [3.63, 3.8) is 0 Å². The van der Waals surface area contributed by atoms with Gasteiger partial charge in [-0.2, -0.15) is 4.98 Å². The van der Waals surface area contributed by atoms with Crippen LogP contribution in [0.5, 0.6) is 0 Å². The summed E-state index contributed by atoms with van der Waals surface area (Å²) in [6, 6.07) is 0. The molecule has 0 aromatic carbocycles. The number of nitrogens with zero attached hydrogens (tertiary/aromatic N) is 3. The second-order valence-electron chi connectivity index (χ2n) is 5.06. The van der Waals surface area contributed by atoms with E-state index in [1.165, 1.54) is 37.0 Å². The average Bonchev–Trinajstić information content (AvgIpc) is 3.09. The first-order valence-corrected chi connectivity index (χ1v) is 7.71. The Morgan fingerprint density at radius 3 is 2.84 bits per heavy atom. The maximum Gasteiger partial charge on any atom is 0.226 e. The minimum absolute atomic E-state index is 0.524. The van der Waals surface area contributed by atoms with Crippen LogP contribution in [-0.2, 0) is 12.8 Å². The average molecular weight is 278 g/mol. The number of rotatable bonds is 5. The van der Waals surface area contributed by atoms with Gasteiger partial charge in [0.15, 0.2) is 11.0 Å². The zero-order valence-electron chi connectivity index (χ0n) is 10.8. The molecular formula is C13H18N4OS. The Labute approximate surface area is 116 Å². The van der Waals surface area contributed by atoms with Crippen molar-refractivity contribution >= 4 is 16.5 Å². The van der Waals surface area contributed by atoms with E-state index in [-0.39, 0.29) is 0 Å². The molecule has 0 bridgehead atoms. The molecule has 0 atom stereocenters. The van der Waals surface area contributed by atoms with Gasteiger partial charge in [0.2, 0.25) is 5.89 Å². The molecule has 1 aliphatic rings. The number of hydrogen-bond acceptors (Lipinski definition) is 6. The molecule has 2 aromatic rings. The number of aryl methyl sites for hydroxylation is 2. The van der Waals surface area contributed by atoms with E-state index in [0.717, 1.165) is 36.7 Å². The zero-order valence-corrected chi connectivity index (χ0v) is 11.7. The summed E-state index contributed by atoms with van der Waals surface area (Å²) in [6.07, 6.45) is 7.69. The molecular weight excluding hydrogens is 260 g/mol. The summed E-state index contributed by atoms with van der Waals surface area (Å²) in [4.78, 5) is 8.75. The number of thiazole rings is 1. The van der Waals surface area contributed by atoms with Gasteiger partial charge in [-0.25, -0.2) is 4.98 Å². The normalized spacial score (nSPS) is 16.2. The van der Waals surface area contributed by atoms with Gasteiger partial charge in [0.05, 0.1) is 5.69 Å². The van der Waals surface area contributed by atoms with E-state index in [2.05, 4.69) is 15.1 Å². The Hall–Kier alpha value is -1.43. The highest BCUT2D eigenvalue weighted by atomic mass is 32.1. The SMILES string of the molecule is Nc1nc(CCCc2nc(C3CCCC3)no2)cs1. The zero-order chi connectivity index (χ0) is 13.1. The molecule has 2 aromatic heterocycles. The number of aromatic nitrogens is 3. The third-order valence-electron chi connectivity index (χ3n) is 3.60. The van der Waals surface area contributed by atoms with Gasteiger partial charge in [0.25, 0.3) is 0 Å². The first-order valence-electron chi connectivity index (χ1n) is 6.83. The number of hydrogen-bond donors (Lipinski definition) is 1. The number of nitrogen functional groups attached to an aromatic ring is 1. The molecule has 0 saturated heterocycles. The molecule has 1 fully saturated rings. The van der Waals surface area contributed by atoms with Crippen LogP contribution in [0, 0.1) is 0 Å². The van der Waals surface area contributed by atoms with Crippen LogP contribution in [0.4, 0.5) is 5.13 Å². The molecule has 2 N–H and O–H groups in total. The quantitative estimate of drug-likeness (QED) is 0.909. The van der Waals surface area contributed by atoms with Crippen LogP contribution in [0.3, 0.4) is 0 Å². The molecule has 0 spiro atoms. The molecule has 1 saturated carbocycles. The predicted molar refractivity (Wildman–Crippen MR) is 74.1 cm³/mol. The van der Waals surface area contributed by atoms with Crippen LogP contribution in [0.1, 0.15) is 55.4 Å². The molecule has 6 heteroatoms. The smallest absolute Gasteiger partial charge is 0.226 e. The fraction of sp³-hybridized carbons (Fsp3) is 0.615. The van der Waals surface area contributed by atoms with Crippen molar-refractivity contribution < 1.29 is 4.52 Å². The van der Waals surface area contributed by atoms with Crippen molar-refractivity contribution in [3.8, 4) is 0 Å². The summed E-state index contributed by atoms with van der Waals surface area (Å²) in [5, 5.41) is 6.75. The van der Waals surface area contributed by atoms with Crippen LogP contribution >= 0.6 is 11.3 Å². The Morgan fingerprint density at radius 1 is 1.26 bits per heavy atom. The first kappa shape index (κ1) is 12.6. The minimum Gasteiger partial charge on any atom is -0.375 e. The fourth-order valence-corrected chi connectivity index (χ4v) is 3.17. The van der Waals surface area contributed by atoms with E-state index in [9.17, 15) is 0 Å². The molecule has 5 nitrogen and oxygen atoms in total. The summed E-state index contributed by atoms with van der Waals surface area (Å²) in [5.41, 5.74) is 6.65. The van der Waals surface area contributed by atoms with E-state index in [1.54, 1.807) is 0 Å². The fourth-order valence-electron chi connectivity index (χ4n) is 2.58. The summed E-state index contributed by atoms with van der Waals surface area (Å²) in [6.45, 7) is 0. The Kier molecular flexibility index (Phi) is 3.77. The minimum atomic E-state index is 0.524. The van der Waals surface area contributed by atoms with Gasteiger partial charge >= 0.3 is 0 Å². The van der Waals surface area contributed by atoms with Crippen LogP contribution < -0.4 is 5.73 Å². The van der Waals surface area contributed by atoms with Crippen LogP contribution in [0.25, 0.3) is 0 Å². The van der Waals surface area contributed by atoms with Gasteiger partial charge in [0, 0.05) is 17.7 Å². The molecule has 0 amide bonds. The number of anilines is 1. The van der Waals surface area contributed by atoms with E-state index in [1.807, 2.05) is 5.38 Å². The van der Waals surface area contributed by atoms with Crippen molar-refractivity contribution in [3.05, 3.63) is 22.8 Å². The third kappa shape index (κ3) is 3.12. The van der Waals surface area contributed by atoms with Crippen molar-refractivity contribution in [1.82, 2.24) is 15.1 Å². The molecule has 19 heavy (non-hydrogen) atoms. The molecule has 0 radical (unpaired) electrons. The van der Waals surface area contributed by atoms with Gasteiger partial charge in [-0.3, -0.25) is 0 Å². The van der Waals surface area contributed by atoms with Gasteiger partial charge in [-0.05, 0) is 25.7 Å². The van der Waals surface area contributed by atoms with E-state index >= 15 is 0 Å². The van der Waals surface area contributed by atoms with Crippen molar-refractivity contribution in [2.75, 3.05) is 5.73 Å². The first-order chi connectivity index (χ1) is 9.31. The standard InChI is InChI=1S/C13H18N4OS/c14-13-15-10(8-19-13)6-3-7-11-16-12(17-18-11)9-4-1-2-5-9/h8-9H,1-7H2,(H2,14,15). The second-order valence-corrected chi connectivity index (χ2v) is 5.95. The highest BCUT2D eigenvalue weighted by Crippen LogP contribution is 2.32.